The smallest absolute Gasteiger partial charge is 0.395 e. The molecule has 0 aliphatic rings. The average Bonchev–Trinajstić information content (AvgIpc) is 2.37. The molecule has 4 nitrogen and oxygen atoms in total. The summed E-state index contributed by atoms with van der Waals surface area (Å²) in [6, 6.07) is 6.71. The van der Waals surface area contributed by atoms with Crippen molar-refractivity contribution >= 4 is 0 Å². The molecule has 0 aliphatic carbocycles. The van der Waals surface area contributed by atoms with Gasteiger partial charge < -0.3 is 15.9 Å². The first-order valence-corrected chi connectivity index (χ1v) is 6.22. The predicted octanol–water partition coefficient (Wildman–Crippen LogP) is 1.04. The molecule has 0 aromatic heterocycles. The van der Waals surface area contributed by atoms with Gasteiger partial charge in [0.1, 0.15) is 0 Å². The van der Waals surface area contributed by atoms with Crippen molar-refractivity contribution < 1.29 is 23.4 Å². The largest absolute Gasteiger partial charge is 0.401 e. The molecule has 0 saturated carbocycles. The second-order valence-corrected chi connectivity index (χ2v) is 4.54. The maximum atomic E-state index is 12.4. The Kier molecular flexibility index (Phi) is 6.41. The number of hydrogen-bond donors (Lipinski definition) is 3. The number of hydrogen-bond acceptors (Lipinski definition) is 4. The topological polar surface area (TPSA) is 69.7 Å². The summed E-state index contributed by atoms with van der Waals surface area (Å²) < 4.78 is 37.1. The van der Waals surface area contributed by atoms with Crippen LogP contribution in [0, 0.1) is 0 Å². The maximum Gasteiger partial charge on any atom is 0.401 e. The van der Waals surface area contributed by atoms with Crippen LogP contribution >= 0.6 is 0 Å². The van der Waals surface area contributed by atoms with E-state index in [-0.39, 0.29) is 13.1 Å². The number of nitrogens with two attached hydrogens (primary N) is 1. The monoisotopic (exact) mass is 292 g/mol. The minimum atomic E-state index is -4.36. The van der Waals surface area contributed by atoms with Gasteiger partial charge in [0.05, 0.1) is 19.3 Å². The summed E-state index contributed by atoms with van der Waals surface area (Å²) in [5.41, 5.74) is 6.84. The molecule has 0 saturated heterocycles. The Morgan fingerprint density at radius 3 is 2.25 bits per heavy atom. The summed E-state index contributed by atoms with van der Waals surface area (Å²) in [6.45, 7) is -1.53. The summed E-state index contributed by atoms with van der Waals surface area (Å²) >= 11 is 0. The van der Waals surface area contributed by atoms with Crippen molar-refractivity contribution in [2.24, 2.45) is 5.73 Å². The van der Waals surface area contributed by atoms with Crippen LogP contribution in [-0.4, -0.2) is 47.5 Å². The molecule has 0 bridgehead atoms. The Hall–Kier alpha value is -1.15. The molecule has 0 fully saturated rings. The van der Waals surface area contributed by atoms with Crippen LogP contribution < -0.4 is 5.73 Å². The van der Waals surface area contributed by atoms with Crippen molar-refractivity contribution in [2.45, 2.75) is 18.8 Å². The third-order valence-electron chi connectivity index (χ3n) is 2.85. The van der Waals surface area contributed by atoms with E-state index < -0.39 is 25.4 Å². The van der Waals surface area contributed by atoms with Crippen molar-refractivity contribution in [1.82, 2.24) is 4.90 Å². The molecule has 0 amide bonds. The van der Waals surface area contributed by atoms with Crippen LogP contribution in [0.2, 0.25) is 0 Å². The minimum Gasteiger partial charge on any atom is -0.395 e. The normalized spacial score (nSPS) is 13.8. The molecule has 0 spiro atoms. The van der Waals surface area contributed by atoms with Crippen LogP contribution in [0.5, 0.6) is 0 Å². The van der Waals surface area contributed by atoms with E-state index in [9.17, 15) is 18.3 Å². The Balaban J connectivity index is 2.66. The molecule has 7 heteroatoms. The summed E-state index contributed by atoms with van der Waals surface area (Å²) in [5.74, 6) is 0. The zero-order valence-corrected chi connectivity index (χ0v) is 11.0. The number of benzene rings is 1. The van der Waals surface area contributed by atoms with Crippen LogP contribution in [-0.2, 0) is 6.54 Å². The maximum absolute atomic E-state index is 12.4. The molecule has 4 N–H and O–H groups in total. The Morgan fingerprint density at radius 2 is 1.80 bits per heavy atom. The van der Waals surface area contributed by atoms with E-state index in [4.69, 9.17) is 10.8 Å². The Bertz CT molecular complexity index is 396. The molecular weight excluding hydrogens is 273 g/mol. The highest BCUT2D eigenvalue weighted by Gasteiger charge is 2.31. The fraction of sp³-hybridized carbons (Fsp3) is 0.538. The molecule has 0 aliphatic heterocycles. The van der Waals surface area contributed by atoms with Crippen molar-refractivity contribution in [1.29, 1.82) is 0 Å². The first-order chi connectivity index (χ1) is 9.35. The first kappa shape index (κ1) is 16.9. The highest BCUT2D eigenvalue weighted by atomic mass is 19.4. The second kappa shape index (κ2) is 7.58. The number of nitrogens with zero attached hydrogens (tertiary/aromatic N) is 1. The lowest BCUT2D eigenvalue weighted by molar-refractivity contribution is -0.149. The van der Waals surface area contributed by atoms with Crippen molar-refractivity contribution in [3.05, 3.63) is 35.4 Å². The molecular formula is C13H19F3N2O2. The number of aliphatic hydroxyl groups is 2. The molecule has 114 valence electrons. The Labute approximate surface area is 115 Å². The van der Waals surface area contributed by atoms with E-state index in [0.717, 1.165) is 10.5 Å². The van der Waals surface area contributed by atoms with E-state index in [1.807, 2.05) is 0 Å². The zero-order chi connectivity index (χ0) is 15.2. The van der Waals surface area contributed by atoms with Gasteiger partial charge in [-0.1, -0.05) is 24.3 Å². The molecule has 1 rings (SSSR count). The van der Waals surface area contributed by atoms with Crippen LogP contribution in [0.1, 0.15) is 17.2 Å². The van der Waals surface area contributed by atoms with Crippen LogP contribution in [0.15, 0.2) is 24.3 Å². The number of alkyl halides is 3. The number of rotatable bonds is 7. The standard InChI is InChI=1S/C13H19F3N2O2/c14-13(15,16)9-18(5-6-19)8-12(20)11-3-1-10(7-17)2-4-11/h1-4,12,19-20H,5-9,17H2. The van der Waals surface area contributed by atoms with Gasteiger partial charge in [0.25, 0.3) is 0 Å². The van der Waals surface area contributed by atoms with Crippen LogP contribution in [0.3, 0.4) is 0 Å². The van der Waals surface area contributed by atoms with Crippen LogP contribution in [0.4, 0.5) is 13.2 Å². The van der Waals surface area contributed by atoms with Gasteiger partial charge >= 0.3 is 6.18 Å². The molecule has 1 unspecified atom stereocenters. The molecule has 1 aromatic rings. The first-order valence-electron chi connectivity index (χ1n) is 6.22. The van der Waals surface area contributed by atoms with Gasteiger partial charge in [0.15, 0.2) is 0 Å². The average molecular weight is 292 g/mol. The fourth-order valence-electron chi connectivity index (χ4n) is 1.86. The van der Waals surface area contributed by atoms with E-state index in [1.165, 1.54) is 0 Å². The van der Waals surface area contributed by atoms with Crippen LogP contribution in [0.25, 0.3) is 0 Å². The molecule has 20 heavy (non-hydrogen) atoms. The molecule has 1 aromatic carbocycles. The molecule has 1 atom stereocenters. The van der Waals surface area contributed by atoms with E-state index in [2.05, 4.69) is 0 Å². The summed E-state index contributed by atoms with van der Waals surface area (Å²) in [6.07, 6.45) is -5.41. The number of aliphatic hydroxyl groups excluding tert-OH is 2. The van der Waals surface area contributed by atoms with Gasteiger partial charge in [-0.2, -0.15) is 13.2 Å². The summed E-state index contributed by atoms with van der Waals surface area (Å²) in [5, 5.41) is 18.7. The van der Waals surface area contributed by atoms with E-state index >= 15 is 0 Å². The highest BCUT2D eigenvalue weighted by molar-refractivity contribution is 5.24. The van der Waals surface area contributed by atoms with Gasteiger partial charge in [-0.15, -0.1) is 0 Å². The summed E-state index contributed by atoms with van der Waals surface area (Å²) in [7, 11) is 0. The zero-order valence-electron chi connectivity index (χ0n) is 11.0. The third kappa shape index (κ3) is 5.87. The van der Waals surface area contributed by atoms with Gasteiger partial charge in [0.2, 0.25) is 0 Å². The third-order valence-corrected chi connectivity index (χ3v) is 2.85. The quantitative estimate of drug-likeness (QED) is 0.702. The SMILES string of the molecule is NCc1ccc(C(O)CN(CCO)CC(F)(F)F)cc1. The molecule has 0 radical (unpaired) electrons. The fourth-order valence-corrected chi connectivity index (χ4v) is 1.86. The molecule has 0 heterocycles. The van der Waals surface area contributed by atoms with E-state index in [0.29, 0.717) is 12.1 Å². The van der Waals surface area contributed by atoms with Gasteiger partial charge in [-0.05, 0) is 11.1 Å². The number of halogens is 3. The van der Waals surface area contributed by atoms with Crippen molar-refractivity contribution in [2.75, 3.05) is 26.2 Å². The van der Waals surface area contributed by atoms with Crippen molar-refractivity contribution in [3.63, 3.8) is 0 Å². The van der Waals surface area contributed by atoms with E-state index in [1.54, 1.807) is 24.3 Å². The minimum absolute atomic E-state index is 0.141. The lowest BCUT2D eigenvalue weighted by atomic mass is 10.1. The highest BCUT2D eigenvalue weighted by Crippen LogP contribution is 2.20. The lowest BCUT2D eigenvalue weighted by Crippen LogP contribution is -2.38. The Morgan fingerprint density at radius 1 is 1.20 bits per heavy atom. The van der Waals surface area contributed by atoms with Gasteiger partial charge in [-0.25, -0.2) is 0 Å². The predicted molar refractivity (Wildman–Crippen MR) is 68.9 cm³/mol. The lowest BCUT2D eigenvalue weighted by Gasteiger charge is -2.25. The van der Waals surface area contributed by atoms with Crippen molar-refractivity contribution in [3.8, 4) is 0 Å². The summed E-state index contributed by atoms with van der Waals surface area (Å²) in [4.78, 5) is 0.974. The van der Waals surface area contributed by atoms with Gasteiger partial charge in [0, 0.05) is 19.6 Å². The van der Waals surface area contributed by atoms with Gasteiger partial charge in [-0.3, -0.25) is 4.90 Å². The second-order valence-electron chi connectivity index (χ2n) is 4.54.